The molecule has 1 aliphatic rings. The average molecular weight is 298 g/mol. The Morgan fingerprint density at radius 2 is 1.68 bits per heavy atom. The summed E-state index contributed by atoms with van der Waals surface area (Å²) in [6.07, 6.45) is 2.85. The van der Waals surface area contributed by atoms with Crippen molar-refractivity contribution in [1.82, 2.24) is 4.98 Å². The van der Waals surface area contributed by atoms with Crippen LogP contribution in [0.3, 0.4) is 0 Å². The molecule has 1 fully saturated rings. The summed E-state index contributed by atoms with van der Waals surface area (Å²) in [4.78, 5) is 19.3. The predicted octanol–water partition coefficient (Wildman–Crippen LogP) is 2.71. The molecule has 0 aliphatic carbocycles. The molecule has 0 amide bonds. The van der Waals surface area contributed by atoms with Crippen molar-refractivity contribution in [3.8, 4) is 0 Å². The van der Waals surface area contributed by atoms with Gasteiger partial charge in [0.1, 0.15) is 5.82 Å². The summed E-state index contributed by atoms with van der Waals surface area (Å²) >= 11 is 0. The average Bonchev–Trinajstić information content (AvgIpc) is 2.82. The number of hydrogen-bond acceptors (Lipinski definition) is 5. The number of benzene rings is 1. The van der Waals surface area contributed by atoms with Crippen LogP contribution in [0.2, 0.25) is 0 Å². The number of aromatic nitrogens is 1. The molecular formula is C16H18N4O2. The summed E-state index contributed by atoms with van der Waals surface area (Å²) in [6, 6.07) is 12.7. The van der Waals surface area contributed by atoms with Crippen LogP contribution in [0.15, 0.2) is 48.7 Å². The summed E-state index contributed by atoms with van der Waals surface area (Å²) in [5.41, 5.74) is 1.17. The van der Waals surface area contributed by atoms with Crippen molar-refractivity contribution in [3.63, 3.8) is 0 Å². The van der Waals surface area contributed by atoms with Crippen molar-refractivity contribution >= 4 is 17.2 Å². The highest BCUT2D eigenvalue weighted by molar-refractivity contribution is 5.51. The van der Waals surface area contributed by atoms with Crippen LogP contribution in [0.4, 0.5) is 17.2 Å². The molecule has 0 spiro atoms. The highest BCUT2D eigenvalue weighted by atomic mass is 16.6. The molecule has 1 aromatic heterocycles. The van der Waals surface area contributed by atoms with E-state index in [4.69, 9.17) is 0 Å². The molecular weight excluding hydrogens is 280 g/mol. The fraction of sp³-hybridized carbons (Fsp3) is 0.312. The molecule has 114 valence electrons. The minimum Gasteiger partial charge on any atom is -0.370 e. The first-order valence-electron chi connectivity index (χ1n) is 7.39. The molecule has 1 saturated heterocycles. The van der Waals surface area contributed by atoms with Crippen LogP contribution in [-0.4, -0.2) is 36.1 Å². The van der Waals surface area contributed by atoms with Gasteiger partial charge in [-0.1, -0.05) is 6.07 Å². The Kier molecular flexibility index (Phi) is 4.18. The molecule has 0 N–H and O–H groups in total. The number of pyridine rings is 1. The molecule has 22 heavy (non-hydrogen) atoms. The molecule has 0 saturated carbocycles. The zero-order valence-corrected chi connectivity index (χ0v) is 12.3. The summed E-state index contributed by atoms with van der Waals surface area (Å²) in [6.45, 7) is 3.70. The van der Waals surface area contributed by atoms with E-state index in [-0.39, 0.29) is 10.6 Å². The minimum atomic E-state index is -0.366. The zero-order chi connectivity index (χ0) is 15.4. The molecule has 2 heterocycles. The van der Waals surface area contributed by atoms with E-state index in [2.05, 4.69) is 14.8 Å². The van der Waals surface area contributed by atoms with Crippen LogP contribution in [0, 0.1) is 10.1 Å². The fourth-order valence-corrected chi connectivity index (χ4v) is 2.73. The van der Waals surface area contributed by atoms with Crippen molar-refractivity contribution in [2.75, 3.05) is 36.0 Å². The van der Waals surface area contributed by atoms with Crippen LogP contribution >= 0.6 is 0 Å². The maximum Gasteiger partial charge on any atom is 0.269 e. The normalized spacial score (nSPS) is 15.5. The first-order valence-corrected chi connectivity index (χ1v) is 7.39. The van der Waals surface area contributed by atoms with Crippen LogP contribution in [0.5, 0.6) is 0 Å². The number of nitro groups is 1. The largest absolute Gasteiger partial charge is 0.370 e. The van der Waals surface area contributed by atoms with Crippen LogP contribution < -0.4 is 9.80 Å². The third kappa shape index (κ3) is 3.16. The monoisotopic (exact) mass is 298 g/mol. The molecule has 0 unspecified atom stereocenters. The molecule has 6 nitrogen and oxygen atoms in total. The summed E-state index contributed by atoms with van der Waals surface area (Å²) in [7, 11) is 0. The molecule has 0 radical (unpaired) electrons. The number of non-ortho nitro benzene ring substituents is 1. The fourth-order valence-electron chi connectivity index (χ4n) is 2.73. The second-order valence-electron chi connectivity index (χ2n) is 5.29. The lowest BCUT2D eigenvalue weighted by Gasteiger charge is -2.24. The van der Waals surface area contributed by atoms with E-state index in [0.717, 1.165) is 44.1 Å². The third-order valence-corrected chi connectivity index (χ3v) is 3.89. The number of nitrogens with zero attached hydrogens (tertiary/aromatic N) is 4. The summed E-state index contributed by atoms with van der Waals surface area (Å²) < 4.78 is 0. The van der Waals surface area contributed by atoms with E-state index >= 15 is 0 Å². The number of hydrogen-bond donors (Lipinski definition) is 0. The highest BCUT2D eigenvalue weighted by Gasteiger charge is 2.16. The van der Waals surface area contributed by atoms with E-state index in [1.807, 2.05) is 36.5 Å². The van der Waals surface area contributed by atoms with Crippen molar-refractivity contribution in [1.29, 1.82) is 0 Å². The lowest BCUT2D eigenvalue weighted by atomic mass is 10.2. The Bertz CT molecular complexity index is 630. The van der Waals surface area contributed by atoms with Crippen molar-refractivity contribution in [3.05, 3.63) is 58.8 Å². The van der Waals surface area contributed by atoms with Gasteiger partial charge in [0.2, 0.25) is 0 Å². The van der Waals surface area contributed by atoms with Gasteiger partial charge in [0, 0.05) is 50.2 Å². The van der Waals surface area contributed by atoms with Gasteiger partial charge < -0.3 is 9.80 Å². The minimum absolute atomic E-state index is 0.133. The van der Waals surface area contributed by atoms with Crippen LogP contribution in [-0.2, 0) is 0 Å². The number of rotatable bonds is 3. The van der Waals surface area contributed by atoms with Gasteiger partial charge in [-0.3, -0.25) is 10.1 Å². The molecule has 6 heteroatoms. The topological polar surface area (TPSA) is 62.5 Å². The predicted molar refractivity (Wildman–Crippen MR) is 86.4 cm³/mol. The second-order valence-corrected chi connectivity index (χ2v) is 5.29. The van der Waals surface area contributed by atoms with Crippen molar-refractivity contribution in [2.45, 2.75) is 6.42 Å². The molecule has 0 atom stereocenters. The van der Waals surface area contributed by atoms with Crippen LogP contribution in [0.25, 0.3) is 0 Å². The van der Waals surface area contributed by atoms with E-state index in [9.17, 15) is 10.1 Å². The molecule has 2 aromatic rings. The lowest BCUT2D eigenvalue weighted by molar-refractivity contribution is -0.384. The van der Waals surface area contributed by atoms with Gasteiger partial charge in [0.25, 0.3) is 5.69 Å². The zero-order valence-electron chi connectivity index (χ0n) is 12.3. The van der Waals surface area contributed by atoms with E-state index < -0.39 is 0 Å². The SMILES string of the molecule is O=[N+]([O-])c1ccc(N2CCCN(c3ccccn3)CC2)cc1. The maximum atomic E-state index is 10.7. The van der Waals surface area contributed by atoms with E-state index in [1.165, 1.54) is 0 Å². The molecule has 0 bridgehead atoms. The van der Waals surface area contributed by atoms with Gasteiger partial charge >= 0.3 is 0 Å². The van der Waals surface area contributed by atoms with Gasteiger partial charge in [0.05, 0.1) is 4.92 Å². The first-order chi connectivity index (χ1) is 10.7. The molecule has 1 aliphatic heterocycles. The van der Waals surface area contributed by atoms with E-state index in [1.54, 1.807) is 12.1 Å². The van der Waals surface area contributed by atoms with Gasteiger partial charge in [-0.05, 0) is 30.7 Å². The Morgan fingerprint density at radius 3 is 2.36 bits per heavy atom. The highest BCUT2D eigenvalue weighted by Crippen LogP contribution is 2.21. The Morgan fingerprint density at radius 1 is 0.955 bits per heavy atom. The van der Waals surface area contributed by atoms with Crippen molar-refractivity contribution < 1.29 is 4.92 Å². The maximum absolute atomic E-state index is 10.7. The van der Waals surface area contributed by atoms with Gasteiger partial charge in [0.15, 0.2) is 0 Å². The quantitative estimate of drug-likeness (QED) is 0.644. The Labute approximate surface area is 129 Å². The third-order valence-electron chi connectivity index (χ3n) is 3.89. The van der Waals surface area contributed by atoms with Crippen LogP contribution in [0.1, 0.15) is 6.42 Å². The second kappa shape index (κ2) is 6.43. The van der Waals surface area contributed by atoms with Gasteiger partial charge in [-0.25, -0.2) is 4.98 Å². The van der Waals surface area contributed by atoms with Crippen molar-refractivity contribution in [2.24, 2.45) is 0 Å². The number of anilines is 2. The standard InChI is InChI=1S/C16H18N4O2/c21-20(22)15-7-5-14(6-8-15)18-10-3-11-19(13-12-18)16-4-1-2-9-17-16/h1-2,4-9H,3,10-13H2. The molecule has 3 rings (SSSR count). The number of nitro benzene ring substituents is 1. The van der Waals surface area contributed by atoms with E-state index in [0.29, 0.717) is 0 Å². The Balaban J connectivity index is 1.68. The summed E-state index contributed by atoms with van der Waals surface area (Å²) in [5.74, 6) is 1.01. The van der Waals surface area contributed by atoms with Gasteiger partial charge in [-0.2, -0.15) is 0 Å². The molecule has 1 aromatic carbocycles. The van der Waals surface area contributed by atoms with Gasteiger partial charge in [-0.15, -0.1) is 0 Å². The Hall–Kier alpha value is -2.63. The smallest absolute Gasteiger partial charge is 0.269 e. The first kappa shape index (κ1) is 14.3. The lowest BCUT2D eigenvalue weighted by Crippen LogP contribution is -2.31. The summed E-state index contributed by atoms with van der Waals surface area (Å²) in [5, 5.41) is 10.7.